The van der Waals surface area contributed by atoms with Crippen molar-refractivity contribution in [3.05, 3.63) is 59.8 Å². The molecule has 0 radical (unpaired) electrons. The predicted molar refractivity (Wildman–Crippen MR) is 139 cm³/mol. The van der Waals surface area contributed by atoms with E-state index < -0.39 is 17.7 Å². The molecule has 0 aliphatic carbocycles. The summed E-state index contributed by atoms with van der Waals surface area (Å²) in [5, 5.41) is 15.4. The molecule has 0 bridgehead atoms. The minimum Gasteiger partial charge on any atom is -0.478 e. The van der Waals surface area contributed by atoms with E-state index in [-0.39, 0.29) is 17.3 Å². The van der Waals surface area contributed by atoms with E-state index in [1.165, 1.54) is 17.0 Å². The SMILES string of the molecule is CCC(CC)c1nn(-c2ccc(F)cc2)c2nc(N3C=CN(C(=O)OC(C)(C)C)CC3)cc(C(=O)O)c12. The summed E-state index contributed by atoms with van der Waals surface area (Å²) < 4.78 is 20.7. The van der Waals surface area contributed by atoms with Crippen LogP contribution < -0.4 is 4.90 Å². The third-order valence-corrected chi connectivity index (χ3v) is 6.26. The van der Waals surface area contributed by atoms with Crippen molar-refractivity contribution in [1.29, 1.82) is 0 Å². The highest BCUT2D eigenvalue weighted by atomic mass is 19.1. The van der Waals surface area contributed by atoms with E-state index >= 15 is 0 Å². The van der Waals surface area contributed by atoms with E-state index in [0.29, 0.717) is 41.3 Å². The molecule has 0 saturated heterocycles. The van der Waals surface area contributed by atoms with Gasteiger partial charge in [0, 0.05) is 31.4 Å². The fraction of sp³-hybridized carbons (Fsp3) is 0.407. The van der Waals surface area contributed by atoms with E-state index in [9.17, 15) is 19.1 Å². The highest BCUT2D eigenvalue weighted by Gasteiger charge is 2.28. The van der Waals surface area contributed by atoms with Crippen LogP contribution >= 0.6 is 0 Å². The summed E-state index contributed by atoms with van der Waals surface area (Å²) in [6, 6.07) is 7.39. The minimum atomic E-state index is -1.09. The number of anilines is 1. The van der Waals surface area contributed by atoms with Gasteiger partial charge < -0.3 is 14.7 Å². The van der Waals surface area contributed by atoms with Crippen LogP contribution in [0.2, 0.25) is 0 Å². The normalized spacial score (nSPS) is 14.0. The van der Waals surface area contributed by atoms with Crippen molar-refractivity contribution in [2.75, 3.05) is 18.0 Å². The van der Waals surface area contributed by atoms with Crippen LogP contribution in [0.5, 0.6) is 0 Å². The number of halogens is 1. The summed E-state index contributed by atoms with van der Waals surface area (Å²) in [5.74, 6) is -1.03. The van der Waals surface area contributed by atoms with Gasteiger partial charge in [-0.3, -0.25) is 4.90 Å². The van der Waals surface area contributed by atoms with Crippen LogP contribution in [-0.4, -0.2) is 55.5 Å². The molecule has 0 spiro atoms. The van der Waals surface area contributed by atoms with Gasteiger partial charge in [0.25, 0.3) is 0 Å². The number of carbonyl (C=O) groups excluding carboxylic acids is 1. The first kappa shape index (κ1) is 26.1. The Morgan fingerprint density at radius 2 is 1.78 bits per heavy atom. The van der Waals surface area contributed by atoms with Gasteiger partial charge in [0.05, 0.1) is 22.3 Å². The van der Waals surface area contributed by atoms with Gasteiger partial charge in [0.15, 0.2) is 5.65 Å². The zero-order valence-electron chi connectivity index (χ0n) is 21.7. The molecule has 9 nitrogen and oxygen atoms in total. The summed E-state index contributed by atoms with van der Waals surface area (Å²) in [4.78, 5) is 32.9. The Balaban J connectivity index is 1.83. The lowest BCUT2D eigenvalue weighted by atomic mass is 9.95. The summed E-state index contributed by atoms with van der Waals surface area (Å²) in [5.41, 5.74) is 1.10. The Morgan fingerprint density at radius 3 is 2.32 bits per heavy atom. The Labute approximate surface area is 215 Å². The lowest BCUT2D eigenvalue weighted by Gasteiger charge is -2.31. The van der Waals surface area contributed by atoms with Crippen LogP contribution in [0.3, 0.4) is 0 Å². The second-order valence-electron chi connectivity index (χ2n) is 9.98. The molecule has 37 heavy (non-hydrogen) atoms. The number of nitrogens with zero attached hydrogens (tertiary/aromatic N) is 5. The van der Waals surface area contributed by atoms with Crippen LogP contribution in [-0.2, 0) is 4.74 Å². The first-order chi connectivity index (χ1) is 17.5. The Kier molecular flexibility index (Phi) is 7.20. The molecule has 0 unspecified atom stereocenters. The number of amides is 1. The number of hydrogen-bond donors (Lipinski definition) is 1. The number of carboxylic acids is 1. The smallest absolute Gasteiger partial charge is 0.414 e. The van der Waals surface area contributed by atoms with Gasteiger partial charge in [0.2, 0.25) is 0 Å². The molecule has 3 heterocycles. The lowest BCUT2D eigenvalue weighted by molar-refractivity contribution is 0.0333. The van der Waals surface area contributed by atoms with Crippen LogP contribution in [0.4, 0.5) is 15.0 Å². The number of pyridine rings is 1. The van der Waals surface area contributed by atoms with Crippen molar-refractivity contribution in [3.8, 4) is 5.69 Å². The third kappa shape index (κ3) is 5.42. The highest BCUT2D eigenvalue weighted by molar-refractivity contribution is 6.04. The molecule has 1 aromatic carbocycles. The number of fused-ring (bicyclic) bond motifs is 1. The van der Waals surface area contributed by atoms with Crippen molar-refractivity contribution in [2.45, 2.75) is 59.0 Å². The summed E-state index contributed by atoms with van der Waals surface area (Å²) in [7, 11) is 0. The molecule has 10 heteroatoms. The summed E-state index contributed by atoms with van der Waals surface area (Å²) >= 11 is 0. The Hall–Kier alpha value is -3.95. The number of carboxylic acid groups (broad SMARTS) is 1. The second-order valence-corrected chi connectivity index (χ2v) is 9.98. The Bertz CT molecular complexity index is 1340. The zero-order valence-corrected chi connectivity index (χ0v) is 21.7. The zero-order chi connectivity index (χ0) is 26.9. The molecule has 2 aromatic heterocycles. The van der Waals surface area contributed by atoms with Crippen molar-refractivity contribution in [1.82, 2.24) is 19.7 Å². The lowest BCUT2D eigenvalue weighted by Crippen LogP contribution is -2.41. The van der Waals surface area contributed by atoms with Crippen molar-refractivity contribution >= 4 is 28.9 Å². The average molecular weight is 510 g/mol. The molecule has 0 atom stereocenters. The van der Waals surface area contributed by atoms with Gasteiger partial charge in [-0.25, -0.2) is 23.6 Å². The molecule has 0 saturated carbocycles. The monoisotopic (exact) mass is 509 g/mol. The molecule has 3 aromatic rings. The van der Waals surface area contributed by atoms with E-state index in [4.69, 9.17) is 14.8 Å². The predicted octanol–water partition coefficient (Wildman–Crippen LogP) is 5.69. The topological polar surface area (TPSA) is 101 Å². The standard InChI is InChI=1S/C27H32FN5O4/c1-6-17(7-2)23-22-20(25(34)35)16-21(29-24(22)33(30-23)19-10-8-18(28)9-11-19)31-12-14-32(15-13-31)26(36)37-27(3,4)5/h8-12,14,16-17H,6-7,13,15H2,1-5H3,(H,34,35). The number of hydrogen-bond acceptors (Lipinski definition) is 6. The molecule has 1 aliphatic rings. The molecule has 196 valence electrons. The molecule has 1 aliphatic heterocycles. The van der Waals surface area contributed by atoms with Crippen LogP contribution in [0, 0.1) is 5.82 Å². The molecular formula is C27H32FN5O4. The third-order valence-electron chi connectivity index (χ3n) is 6.26. The quantitative estimate of drug-likeness (QED) is 0.456. The number of rotatable bonds is 6. The van der Waals surface area contributed by atoms with Crippen LogP contribution in [0.25, 0.3) is 16.7 Å². The second kappa shape index (κ2) is 10.2. The summed E-state index contributed by atoms with van der Waals surface area (Å²) in [6.45, 7) is 10.2. The first-order valence-corrected chi connectivity index (χ1v) is 12.4. The van der Waals surface area contributed by atoms with E-state index in [2.05, 4.69) is 0 Å². The first-order valence-electron chi connectivity index (χ1n) is 12.4. The van der Waals surface area contributed by atoms with Crippen molar-refractivity contribution in [2.24, 2.45) is 0 Å². The van der Waals surface area contributed by atoms with E-state index in [0.717, 1.165) is 12.8 Å². The maximum atomic E-state index is 13.6. The molecule has 0 fully saturated rings. The summed E-state index contributed by atoms with van der Waals surface area (Å²) in [6.07, 6.45) is 4.37. The van der Waals surface area contributed by atoms with Gasteiger partial charge in [-0.05, 0) is 63.9 Å². The molecule has 1 N–H and O–H groups in total. The average Bonchev–Trinajstić information content (AvgIpc) is 3.23. The number of benzene rings is 1. The fourth-order valence-corrected chi connectivity index (χ4v) is 4.36. The van der Waals surface area contributed by atoms with E-state index in [1.807, 2.05) is 13.8 Å². The maximum Gasteiger partial charge on any atom is 0.414 e. The van der Waals surface area contributed by atoms with Crippen LogP contribution in [0.1, 0.15) is 69.4 Å². The number of ether oxygens (including phenoxy) is 1. The number of aromatic carboxylic acids is 1. The molecular weight excluding hydrogens is 477 g/mol. The largest absolute Gasteiger partial charge is 0.478 e. The number of aromatic nitrogens is 3. The van der Waals surface area contributed by atoms with E-state index in [1.54, 1.807) is 61.0 Å². The fourth-order valence-electron chi connectivity index (χ4n) is 4.36. The van der Waals surface area contributed by atoms with Gasteiger partial charge >= 0.3 is 12.1 Å². The molecule has 1 amide bonds. The number of carbonyl (C=O) groups is 2. The minimum absolute atomic E-state index is 0.0345. The van der Waals surface area contributed by atoms with Crippen molar-refractivity contribution in [3.63, 3.8) is 0 Å². The molecule has 4 rings (SSSR count). The Morgan fingerprint density at radius 1 is 1.11 bits per heavy atom. The van der Waals surface area contributed by atoms with Gasteiger partial charge in [-0.1, -0.05) is 13.8 Å². The van der Waals surface area contributed by atoms with Crippen molar-refractivity contribution < 1.29 is 23.8 Å². The van der Waals surface area contributed by atoms with Gasteiger partial charge in [-0.15, -0.1) is 0 Å². The highest BCUT2D eigenvalue weighted by Crippen LogP contribution is 2.35. The van der Waals surface area contributed by atoms with Crippen LogP contribution in [0.15, 0.2) is 42.7 Å². The maximum absolute atomic E-state index is 13.6. The van der Waals surface area contributed by atoms with Gasteiger partial charge in [-0.2, -0.15) is 5.10 Å². The van der Waals surface area contributed by atoms with Gasteiger partial charge in [0.1, 0.15) is 17.2 Å².